The van der Waals surface area contributed by atoms with E-state index in [-0.39, 0.29) is 0 Å². The van der Waals surface area contributed by atoms with Crippen LogP contribution < -0.4 is 0 Å². The van der Waals surface area contributed by atoms with E-state index in [2.05, 4.69) is 6.26 Å². The third-order valence-corrected chi connectivity index (χ3v) is 7.54. The van der Waals surface area contributed by atoms with Crippen LogP contribution in [-0.2, 0) is 20.9 Å². The third kappa shape index (κ3) is 7.23. The van der Waals surface area contributed by atoms with Gasteiger partial charge < -0.3 is 9.05 Å². The molecule has 0 aliphatic heterocycles. The highest BCUT2D eigenvalue weighted by Crippen LogP contribution is 2.60. The van der Waals surface area contributed by atoms with Crippen molar-refractivity contribution < 1.29 is 9.05 Å². The molecule has 0 rings (SSSR count). The van der Waals surface area contributed by atoms with Crippen molar-refractivity contribution in [2.75, 3.05) is 31.0 Å². The lowest BCUT2D eigenvalue weighted by molar-refractivity contribution is 0.280. The number of thioether (sulfide) groups is 1. The SMILES string of the molecule is CCOP(=S)(OCC)SCCSC. The topological polar surface area (TPSA) is 18.5 Å². The summed E-state index contributed by atoms with van der Waals surface area (Å²) in [4.78, 5) is 0. The second kappa shape index (κ2) is 8.57. The summed E-state index contributed by atoms with van der Waals surface area (Å²) in [7, 11) is 0. The summed E-state index contributed by atoms with van der Waals surface area (Å²) in [6.45, 7) is 5.19. The van der Waals surface area contributed by atoms with Crippen LogP contribution in [0.1, 0.15) is 13.8 Å². The van der Waals surface area contributed by atoms with Gasteiger partial charge in [0.05, 0.1) is 13.2 Å². The van der Waals surface area contributed by atoms with Gasteiger partial charge in [-0.3, -0.25) is 0 Å². The summed E-state index contributed by atoms with van der Waals surface area (Å²) in [6.07, 6.45) is 2.09. The second-order valence-electron chi connectivity index (χ2n) is 2.11. The van der Waals surface area contributed by atoms with Gasteiger partial charge in [-0.15, -0.1) is 0 Å². The Morgan fingerprint density at radius 3 is 2.08 bits per heavy atom. The van der Waals surface area contributed by atoms with E-state index in [1.165, 1.54) is 0 Å². The van der Waals surface area contributed by atoms with Crippen molar-refractivity contribution in [3.05, 3.63) is 0 Å². The fourth-order valence-corrected chi connectivity index (χ4v) is 6.43. The van der Waals surface area contributed by atoms with E-state index in [9.17, 15) is 0 Å². The van der Waals surface area contributed by atoms with Gasteiger partial charge in [-0.25, -0.2) is 0 Å². The molecule has 0 aliphatic rings. The Labute approximate surface area is 94.4 Å². The molecule has 0 aromatic rings. The number of rotatable bonds is 8. The van der Waals surface area contributed by atoms with E-state index in [0.29, 0.717) is 13.2 Å². The average molecular weight is 260 g/mol. The molecule has 0 radical (unpaired) electrons. The minimum absolute atomic E-state index is 0.642. The van der Waals surface area contributed by atoms with Crippen molar-refractivity contribution in [3.8, 4) is 0 Å². The van der Waals surface area contributed by atoms with Crippen LogP contribution in [0.5, 0.6) is 0 Å². The Morgan fingerprint density at radius 1 is 1.15 bits per heavy atom. The Kier molecular flexibility index (Phi) is 9.41. The maximum atomic E-state index is 5.47. The summed E-state index contributed by atoms with van der Waals surface area (Å²) < 4.78 is 10.9. The summed E-state index contributed by atoms with van der Waals surface area (Å²) in [5, 5.41) is 0. The van der Waals surface area contributed by atoms with Crippen molar-refractivity contribution in [1.29, 1.82) is 0 Å². The zero-order valence-electron chi connectivity index (χ0n) is 8.32. The van der Waals surface area contributed by atoms with E-state index >= 15 is 0 Å². The van der Waals surface area contributed by atoms with Crippen molar-refractivity contribution in [3.63, 3.8) is 0 Å². The van der Waals surface area contributed by atoms with Crippen LogP contribution >= 0.6 is 28.8 Å². The molecule has 0 spiro atoms. The van der Waals surface area contributed by atoms with Crippen molar-refractivity contribution >= 4 is 40.6 Å². The Hall–Kier alpha value is 1.27. The van der Waals surface area contributed by atoms with Crippen LogP contribution in [0.3, 0.4) is 0 Å². The first-order valence-corrected chi connectivity index (χ1v) is 9.83. The monoisotopic (exact) mass is 260 g/mol. The molecule has 80 valence electrons. The predicted molar refractivity (Wildman–Crippen MR) is 68.4 cm³/mol. The molecule has 0 saturated carbocycles. The van der Waals surface area contributed by atoms with Gasteiger partial charge in [0.2, 0.25) is 5.69 Å². The highest BCUT2D eigenvalue weighted by Gasteiger charge is 2.17. The molecule has 0 aromatic heterocycles. The van der Waals surface area contributed by atoms with Crippen LogP contribution in [0.4, 0.5) is 0 Å². The lowest BCUT2D eigenvalue weighted by atomic mass is 10.9. The minimum atomic E-state index is -2.01. The predicted octanol–water partition coefficient (Wildman–Crippen LogP) is 3.38. The maximum absolute atomic E-state index is 5.47. The molecule has 0 amide bonds. The molecule has 6 heteroatoms. The van der Waals surface area contributed by atoms with Crippen LogP contribution in [0.2, 0.25) is 0 Å². The van der Waals surface area contributed by atoms with Gasteiger partial charge in [-0.1, -0.05) is 11.4 Å². The normalized spacial score (nSPS) is 11.9. The summed E-state index contributed by atoms with van der Waals surface area (Å²) in [6, 6.07) is 0. The highest BCUT2D eigenvalue weighted by molar-refractivity contribution is 8.68. The van der Waals surface area contributed by atoms with Gasteiger partial charge in [-0.2, -0.15) is 11.8 Å². The molecule has 2 nitrogen and oxygen atoms in total. The first kappa shape index (κ1) is 14.3. The standard InChI is InChI=1S/C7H17O2PS3/c1-4-8-10(11,9-5-2)13-7-6-12-3/h4-7H2,1-3H3. The van der Waals surface area contributed by atoms with Crippen molar-refractivity contribution in [2.24, 2.45) is 0 Å². The molecule has 0 aromatic carbocycles. The zero-order valence-corrected chi connectivity index (χ0v) is 11.7. The average Bonchev–Trinajstić information content (AvgIpc) is 2.05. The number of hydrogen-bond donors (Lipinski definition) is 0. The first-order valence-electron chi connectivity index (χ1n) is 4.21. The lowest BCUT2D eigenvalue weighted by Crippen LogP contribution is -1.93. The van der Waals surface area contributed by atoms with E-state index in [1.807, 2.05) is 25.6 Å². The minimum Gasteiger partial charge on any atom is -0.322 e. The van der Waals surface area contributed by atoms with E-state index < -0.39 is 5.69 Å². The van der Waals surface area contributed by atoms with Crippen LogP contribution in [-0.4, -0.2) is 31.0 Å². The quantitative estimate of drug-likeness (QED) is 0.490. The van der Waals surface area contributed by atoms with Gasteiger partial charge in [0.25, 0.3) is 0 Å². The van der Waals surface area contributed by atoms with Gasteiger partial charge in [0.15, 0.2) is 0 Å². The molecular formula is C7H17O2PS3. The van der Waals surface area contributed by atoms with Crippen molar-refractivity contribution in [1.82, 2.24) is 0 Å². The molecular weight excluding hydrogens is 243 g/mol. The van der Waals surface area contributed by atoms with Crippen LogP contribution in [0, 0.1) is 0 Å². The molecule has 0 N–H and O–H groups in total. The van der Waals surface area contributed by atoms with Crippen molar-refractivity contribution in [2.45, 2.75) is 13.8 Å². The Bertz CT molecular complexity index is 156. The van der Waals surface area contributed by atoms with E-state index in [1.54, 1.807) is 11.4 Å². The Balaban J connectivity index is 3.85. The highest BCUT2D eigenvalue weighted by atomic mass is 32.9. The largest absolute Gasteiger partial charge is 0.322 e. The van der Waals surface area contributed by atoms with E-state index in [4.69, 9.17) is 20.9 Å². The van der Waals surface area contributed by atoms with E-state index in [0.717, 1.165) is 11.5 Å². The number of hydrogen-bond acceptors (Lipinski definition) is 5. The molecule has 0 aliphatic carbocycles. The van der Waals surface area contributed by atoms with Gasteiger partial charge in [0.1, 0.15) is 0 Å². The smallest absolute Gasteiger partial charge is 0.247 e. The summed E-state index contributed by atoms with van der Waals surface area (Å²) in [5.74, 6) is 2.11. The fourth-order valence-electron chi connectivity index (χ4n) is 0.660. The lowest BCUT2D eigenvalue weighted by Gasteiger charge is -2.19. The van der Waals surface area contributed by atoms with Gasteiger partial charge in [-0.05, 0) is 31.9 Å². The molecule has 0 unspecified atom stereocenters. The third-order valence-electron chi connectivity index (χ3n) is 1.11. The summed E-state index contributed by atoms with van der Waals surface area (Å²) in [5.41, 5.74) is -2.01. The van der Waals surface area contributed by atoms with Gasteiger partial charge >= 0.3 is 0 Å². The molecule has 0 atom stereocenters. The Morgan fingerprint density at radius 2 is 1.69 bits per heavy atom. The molecule has 0 saturated heterocycles. The maximum Gasteiger partial charge on any atom is 0.247 e. The molecule has 0 bridgehead atoms. The fraction of sp³-hybridized carbons (Fsp3) is 1.00. The second-order valence-corrected chi connectivity index (χ2v) is 9.52. The van der Waals surface area contributed by atoms with Crippen LogP contribution in [0.25, 0.3) is 0 Å². The zero-order chi connectivity index (χ0) is 10.2. The molecule has 0 heterocycles. The molecule has 13 heavy (non-hydrogen) atoms. The van der Waals surface area contributed by atoms with Gasteiger partial charge in [0, 0.05) is 11.5 Å². The van der Waals surface area contributed by atoms with Crippen LogP contribution in [0.15, 0.2) is 0 Å². The molecule has 0 fully saturated rings. The first-order chi connectivity index (χ1) is 6.18. The summed E-state index contributed by atoms with van der Waals surface area (Å²) >= 11 is 8.81.